The number of benzene rings is 1. The van der Waals surface area contributed by atoms with E-state index in [2.05, 4.69) is 41.5 Å². The Kier molecular flexibility index (Phi) is 3.09. The first-order valence-electron chi connectivity index (χ1n) is 5.82. The van der Waals surface area contributed by atoms with Crippen molar-refractivity contribution in [2.24, 2.45) is 0 Å². The van der Waals surface area contributed by atoms with E-state index in [9.17, 15) is 0 Å². The van der Waals surface area contributed by atoms with E-state index in [1.807, 2.05) is 14.0 Å². The summed E-state index contributed by atoms with van der Waals surface area (Å²) in [7, 11) is 1.96. The van der Waals surface area contributed by atoms with Gasteiger partial charge in [0.1, 0.15) is 0 Å². The highest BCUT2D eigenvalue weighted by molar-refractivity contribution is 5.91. The quantitative estimate of drug-likeness (QED) is 0.845. The summed E-state index contributed by atoms with van der Waals surface area (Å²) >= 11 is 0. The van der Waals surface area contributed by atoms with Gasteiger partial charge in [0.25, 0.3) is 0 Å². The third-order valence-corrected chi connectivity index (χ3v) is 2.81. The van der Waals surface area contributed by atoms with E-state index in [0.29, 0.717) is 0 Å². The zero-order valence-electron chi connectivity index (χ0n) is 10.2. The molecule has 2 heteroatoms. The van der Waals surface area contributed by atoms with E-state index in [1.165, 1.54) is 23.1 Å². The Balaban J connectivity index is 2.61. The molecule has 1 aromatic carbocycles. The molecule has 2 nitrogen and oxygen atoms in total. The lowest BCUT2D eigenvalue weighted by atomic mass is 10.1. The lowest BCUT2D eigenvalue weighted by molar-refractivity contribution is 0.923. The first-order chi connectivity index (χ1) is 7.74. The van der Waals surface area contributed by atoms with E-state index in [-0.39, 0.29) is 0 Å². The number of nitrogens with zero attached hydrogens (tertiary/aromatic N) is 1. The lowest BCUT2D eigenvalue weighted by Gasteiger charge is -2.08. The van der Waals surface area contributed by atoms with Gasteiger partial charge in [-0.15, -0.1) is 0 Å². The highest BCUT2D eigenvalue weighted by atomic mass is 14.8. The van der Waals surface area contributed by atoms with Gasteiger partial charge in [-0.2, -0.15) is 0 Å². The second-order valence-corrected chi connectivity index (χ2v) is 4.16. The molecule has 0 aliphatic rings. The van der Waals surface area contributed by atoms with Gasteiger partial charge in [-0.05, 0) is 37.1 Å². The summed E-state index contributed by atoms with van der Waals surface area (Å²) in [6.45, 7) is 4.23. The van der Waals surface area contributed by atoms with E-state index >= 15 is 0 Å². The molecule has 0 aliphatic carbocycles. The number of rotatable bonds is 3. The molecule has 0 amide bonds. The van der Waals surface area contributed by atoms with E-state index < -0.39 is 0 Å². The van der Waals surface area contributed by atoms with Crippen molar-refractivity contribution in [1.82, 2.24) is 4.98 Å². The molecule has 2 rings (SSSR count). The van der Waals surface area contributed by atoms with Crippen LogP contribution >= 0.6 is 0 Å². The Morgan fingerprint density at radius 3 is 2.75 bits per heavy atom. The molecule has 0 saturated heterocycles. The number of anilines is 1. The summed E-state index contributed by atoms with van der Waals surface area (Å²) in [5.74, 6) is 0. The van der Waals surface area contributed by atoms with Gasteiger partial charge < -0.3 is 5.32 Å². The van der Waals surface area contributed by atoms with Crippen molar-refractivity contribution in [1.29, 1.82) is 0 Å². The summed E-state index contributed by atoms with van der Waals surface area (Å²) in [5.41, 5.74) is 4.68. The third-order valence-electron chi connectivity index (χ3n) is 2.81. The number of hydrogen-bond acceptors (Lipinski definition) is 2. The van der Waals surface area contributed by atoms with Gasteiger partial charge in [0.15, 0.2) is 0 Å². The summed E-state index contributed by atoms with van der Waals surface area (Å²) in [6.07, 6.45) is 2.31. The van der Waals surface area contributed by atoms with Crippen molar-refractivity contribution in [2.75, 3.05) is 12.4 Å². The van der Waals surface area contributed by atoms with Crippen LogP contribution in [0.15, 0.2) is 24.3 Å². The fourth-order valence-electron chi connectivity index (χ4n) is 2.06. The summed E-state index contributed by atoms with van der Waals surface area (Å²) in [5, 5.41) is 4.46. The molecule has 0 saturated carbocycles. The van der Waals surface area contributed by atoms with E-state index in [1.54, 1.807) is 0 Å². The maximum Gasteiger partial charge on any atom is 0.0726 e. The second-order valence-electron chi connectivity index (χ2n) is 4.16. The van der Waals surface area contributed by atoms with Crippen LogP contribution in [0.5, 0.6) is 0 Å². The Hall–Kier alpha value is -1.57. The van der Waals surface area contributed by atoms with Crippen LogP contribution < -0.4 is 5.32 Å². The SMILES string of the molecule is CCCc1ccc2nc(C)cc(NC)c2c1. The standard InChI is InChI=1S/C14H18N2/c1-4-5-11-6-7-13-12(9-11)14(15-3)8-10(2)16-13/h6-9H,4-5H2,1-3H3,(H,15,16). The third kappa shape index (κ3) is 2.01. The second kappa shape index (κ2) is 4.52. The van der Waals surface area contributed by atoms with Crippen molar-refractivity contribution in [3.8, 4) is 0 Å². The number of aryl methyl sites for hydroxylation is 2. The Labute approximate surface area is 96.7 Å². The molecule has 0 bridgehead atoms. The fourth-order valence-corrected chi connectivity index (χ4v) is 2.06. The van der Waals surface area contributed by atoms with Gasteiger partial charge in [0.05, 0.1) is 5.52 Å². The largest absolute Gasteiger partial charge is 0.388 e. The van der Waals surface area contributed by atoms with Crippen molar-refractivity contribution in [3.63, 3.8) is 0 Å². The number of nitrogens with one attached hydrogen (secondary N) is 1. The zero-order chi connectivity index (χ0) is 11.5. The van der Waals surface area contributed by atoms with E-state index in [0.717, 1.165) is 17.6 Å². The molecule has 0 spiro atoms. The number of aromatic nitrogens is 1. The number of hydrogen-bond donors (Lipinski definition) is 1. The topological polar surface area (TPSA) is 24.9 Å². The molecule has 84 valence electrons. The number of pyridine rings is 1. The van der Waals surface area contributed by atoms with Gasteiger partial charge in [-0.3, -0.25) is 4.98 Å². The smallest absolute Gasteiger partial charge is 0.0726 e. The molecule has 0 unspecified atom stereocenters. The molecule has 2 aromatic rings. The van der Waals surface area contributed by atoms with Crippen molar-refractivity contribution in [3.05, 3.63) is 35.5 Å². The summed E-state index contributed by atoms with van der Waals surface area (Å²) in [6, 6.07) is 8.64. The van der Waals surface area contributed by atoms with Crippen molar-refractivity contribution >= 4 is 16.6 Å². The predicted octanol–water partition coefficient (Wildman–Crippen LogP) is 3.54. The fraction of sp³-hybridized carbons (Fsp3) is 0.357. The molecule has 1 heterocycles. The van der Waals surface area contributed by atoms with Crippen LogP contribution in [0.2, 0.25) is 0 Å². The molecule has 16 heavy (non-hydrogen) atoms. The monoisotopic (exact) mass is 214 g/mol. The first kappa shape index (κ1) is 10.9. The highest BCUT2D eigenvalue weighted by Gasteiger charge is 2.03. The van der Waals surface area contributed by atoms with Crippen LogP contribution in [0, 0.1) is 6.92 Å². The minimum Gasteiger partial charge on any atom is -0.388 e. The van der Waals surface area contributed by atoms with Crippen LogP contribution in [-0.4, -0.2) is 12.0 Å². The Morgan fingerprint density at radius 2 is 2.06 bits per heavy atom. The molecule has 0 aliphatic heterocycles. The maximum absolute atomic E-state index is 4.55. The normalized spacial score (nSPS) is 10.7. The zero-order valence-corrected chi connectivity index (χ0v) is 10.2. The number of fused-ring (bicyclic) bond motifs is 1. The Morgan fingerprint density at radius 1 is 1.25 bits per heavy atom. The predicted molar refractivity (Wildman–Crippen MR) is 70.0 cm³/mol. The van der Waals surface area contributed by atoms with Crippen LogP contribution in [-0.2, 0) is 6.42 Å². The van der Waals surface area contributed by atoms with Gasteiger partial charge in [0.2, 0.25) is 0 Å². The summed E-state index contributed by atoms with van der Waals surface area (Å²) < 4.78 is 0. The molecular weight excluding hydrogens is 196 g/mol. The lowest BCUT2D eigenvalue weighted by Crippen LogP contribution is -1.94. The van der Waals surface area contributed by atoms with Gasteiger partial charge in [-0.1, -0.05) is 19.4 Å². The average molecular weight is 214 g/mol. The molecular formula is C14H18N2. The van der Waals surface area contributed by atoms with Crippen LogP contribution in [0.1, 0.15) is 24.6 Å². The van der Waals surface area contributed by atoms with Crippen LogP contribution in [0.4, 0.5) is 5.69 Å². The first-order valence-corrected chi connectivity index (χ1v) is 5.82. The highest BCUT2D eigenvalue weighted by Crippen LogP contribution is 2.24. The van der Waals surface area contributed by atoms with Crippen LogP contribution in [0.3, 0.4) is 0 Å². The molecule has 0 radical (unpaired) electrons. The maximum atomic E-state index is 4.55. The Bertz CT molecular complexity index is 503. The molecule has 1 aromatic heterocycles. The summed E-state index contributed by atoms with van der Waals surface area (Å²) in [4.78, 5) is 4.55. The van der Waals surface area contributed by atoms with Gasteiger partial charge >= 0.3 is 0 Å². The van der Waals surface area contributed by atoms with Crippen molar-refractivity contribution < 1.29 is 0 Å². The minimum atomic E-state index is 1.06. The van der Waals surface area contributed by atoms with Gasteiger partial charge in [-0.25, -0.2) is 0 Å². The van der Waals surface area contributed by atoms with Crippen LogP contribution in [0.25, 0.3) is 10.9 Å². The average Bonchev–Trinajstić information content (AvgIpc) is 2.29. The molecule has 0 atom stereocenters. The van der Waals surface area contributed by atoms with Gasteiger partial charge in [0, 0.05) is 23.8 Å². The van der Waals surface area contributed by atoms with Crippen molar-refractivity contribution in [2.45, 2.75) is 26.7 Å². The molecule has 0 fully saturated rings. The van der Waals surface area contributed by atoms with E-state index in [4.69, 9.17) is 0 Å². The minimum absolute atomic E-state index is 1.06. The molecule has 1 N–H and O–H groups in total.